The van der Waals surface area contributed by atoms with E-state index in [1.165, 1.54) is 18.2 Å². The Labute approximate surface area is 175 Å². The van der Waals surface area contributed by atoms with Gasteiger partial charge in [0.25, 0.3) is 5.91 Å². The molecular formula is C21H26ClFN2O4. The molecule has 0 radical (unpaired) electrons. The lowest BCUT2D eigenvalue weighted by Gasteiger charge is -2.31. The summed E-state index contributed by atoms with van der Waals surface area (Å²) < 4.78 is 30.8. The maximum atomic E-state index is 14.2. The fourth-order valence-corrected chi connectivity index (χ4v) is 3.15. The third-order valence-corrected chi connectivity index (χ3v) is 4.69. The second-order valence-electron chi connectivity index (χ2n) is 6.64. The quantitative estimate of drug-likeness (QED) is 0.713. The van der Waals surface area contributed by atoms with Crippen LogP contribution in [0, 0.1) is 5.82 Å². The Morgan fingerprint density at radius 3 is 2.66 bits per heavy atom. The van der Waals surface area contributed by atoms with Crippen molar-refractivity contribution in [3.8, 4) is 11.5 Å². The van der Waals surface area contributed by atoms with Crippen molar-refractivity contribution >= 4 is 18.3 Å². The van der Waals surface area contributed by atoms with Gasteiger partial charge in [-0.15, -0.1) is 12.4 Å². The zero-order chi connectivity index (χ0) is 19.9. The monoisotopic (exact) mass is 424 g/mol. The van der Waals surface area contributed by atoms with E-state index in [-0.39, 0.29) is 30.1 Å². The van der Waals surface area contributed by atoms with E-state index in [2.05, 4.69) is 5.32 Å². The smallest absolute Gasteiger partial charge is 0.254 e. The number of amides is 1. The van der Waals surface area contributed by atoms with Crippen molar-refractivity contribution in [1.82, 2.24) is 5.32 Å². The van der Waals surface area contributed by atoms with Crippen LogP contribution in [-0.4, -0.2) is 44.9 Å². The minimum absolute atomic E-state index is 0. The molecule has 1 amide bonds. The van der Waals surface area contributed by atoms with Crippen LogP contribution in [0.4, 0.5) is 4.39 Å². The molecule has 29 heavy (non-hydrogen) atoms. The van der Waals surface area contributed by atoms with Gasteiger partial charge in [0.2, 0.25) is 0 Å². The highest BCUT2D eigenvalue weighted by molar-refractivity contribution is 5.95. The van der Waals surface area contributed by atoms with Crippen molar-refractivity contribution < 1.29 is 23.4 Å². The molecule has 1 saturated heterocycles. The summed E-state index contributed by atoms with van der Waals surface area (Å²) in [5, 5.41) is 2.79. The SMILES string of the molecule is CO[C@@H]1CCOC[C@H]1NC(=O)c1cc(Oc2ccc(CCN)cc2)ccc1F.Cl. The number of rotatable bonds is 7. The Bertz CT molecular complexity index is 804. The minimum atomic E-state index is -0.617. The maximum Gasteiger partial charge on any atom is 0.254 e. The molecule has 158 valence electrons. The summed E-state index contributed by atoms with van der Waals surface area (Å²) in [5.41, 5.74) is 6.57. The molecule has 0 saturated carbocycles. The van der Waals surface area contributed by atoms with Gasteiger partial charge >= 0.3 is 0 Å². The van der Waals surface area contributed by atoms with Crippen LogP contribution in [0.1, 0.15) is 22.3 Å². The van der Waals surface area contributed by atoms with Gasteiger partial charge < -0.3 is 25.3 Å². The van der Waals surface area contributed by atoms with Gasteiger partial charge in [-0.25, -0.2) is 4.39 Å². The Hall–Kier alpha value is -2.19. The Morgan fingerprint density at radius 1 is 1.24 bits per heavy atom. The van der Waals surface area contributed by atoms with Crippen molar-refractivity contribution in [2.24, 2.45) is 5.73 Å². The molecule has 1 aliphatic rings. The highest BCUT2D eigenvalue weighted by atomic mass is 35.5. The average Bonchev–Trinajstić information content (AvgIpc) is 2.71. The number of nitrogens with two attached hydrogens (primary N) is 1. The number of carbonyl (C=O) groups is 1. The van der Waals surface area contributed by atoms with Gasteiger partial charge in [-0.05, 0) is 55.3 Å². The van der Waals surface area contributed by atoms with Crippen molar-refractivity contribution in [3.63, 3.8) is 0 Å². The van der Waals surface area contributed by atoms with Crippen molar-refractivity contribution in [1.29, 1.82) is 0 Å². The molecule has 3 rings (SSSR count). The predicted molar refractivity (Wildman–Crippen MR) is 110 cm³/mol. The van der Waals surface area contributed by atoms with Crippen LogP contribution in [0.15, 0.2) is 42.5 Å². The summed E-state index contributed by atoms with van der Waals surface area (Å²) in [6.45, 7) is 1.48. The molecule has 8 heteroatoms. The molecule has 0 unspecified atom stereocenters. The maximum absolute atomic E-state index is 14.2. The zero-order valence-electron chi connectivity index (χ0n) is 16.2. The second-order valence-corrected chi connectivity index (χ2v) is 6.64. The molecule has 0 bridgehead atoms. The first-order chi connectivity index (χ1) is 13.6. The lowest BCUT2D eigenvalue weighted by molar-refractivity contribution is -0.0349. The number of methoxy groups -OCH3 is 1. The lowest BCUT2D eigenvalue weighted by atomic mass is 10.1. The Kier molecular flexibility index (Phi) is 8.85. The fraction of sp³-hybridized carbons (Fsp3) is 0.381. The van der Waals surface area contributed by atoms with Crippen molar-refractivity contribution in [2.45, 2.75) is 25.0 Å². The first-order valence-electron chi connectivity index (χ1n) is 9.28. The largest absolute Gasteiger partial charge is 0.457 e. The van der Waals surface area contributed by atoms with E-state index in [9.17, 15) is 9.18 Å². The van der Waals surface area contributed by atoms with Crippen LogP contribution < -0.4 is 15.8 Å². The second kappa shape index (κ2) is 11.1. The third-order valence-electron chi connectivity index (χ3n) is 4.69. The Morgan fingerprint density at radius 2 is 1.97 bits per heavy atom. The van der Waals surface area contributed by atoms with Crippen molar-refractivity contribution in [2.75, 3.05) is 26.9 Å². The number of benzene rings is 2. The summed E-state index contributed by atoms with van der Waals surface area (Å²) in [6.07, 6.45) is 1.30. The first kappa shape index (κ1) is 23.1. The molecule has 1 heterocycles. The fourth-order valence-electron chi connectivity index (χ4n) is 3.15. The van der Waals surface area contributed by atoms with Crippen LogP contribution >= 0.6 is 12.4 Å². The summed E-state index contributed by atoms with van der Waals surface area (Å²) in [7, 11) is 1.59. The number of halogens is 2. The molecule has 0 spiro atoms. The Balaban J connectivity index is 0.00000300. The lowest BCUT2D eigenvalue weighted by Crippen LogP contribution is -2.50. The molecule has 2 aromatic carbocycles. The van der Waals surface area contributed by atoms with Gasteiger partial charge in [0.1, 0.15) is 17.3 Å². The topological polar surface area (TPSA) is 82.8 Å². The van der Waals surface area contributed by atoms with E-state index in [1.54, 1.807) is 7.11 Å². The normalized spacial score (nSPS) is 18.6. The van der Waals surface area contributed by atoms with Crippen LogP contribution in [0.25, 0.3) is 0 Å². The molecule has 0 aliphatic carbocycles. The number of hydrogen-bond donors (Lipinski definition) is 2. The molecule has 3 N–H and O–H groups in total. The van der Waals surface area contributed by atoms with Gasteiger partial charge in [-0.2, -0.15) is 0 Å². The van der Waals surface area contributed by atoms with E-state index >= 15 is 0 Å². The van der Waals surface area contributed by atoms with E-state index in [4.69, 9.17) is 19.9 Å². The van der Waals surface area contributed by atoms with Crippen LogP contribution in [0.5, 0.6) is 11.5 Å². The first-order valence-corrected chi connectivity index (χ1v) is 9.28. The molecule has 2 atom stereocenters. The third kappa shape index (κ3) is 6.14. The van der Waals surface area contributed by atoms with Gasteiger partial charge in [-0.1, -0.05) is 12.1 Å². The number of nitrogens with one attached hydrogen (secondary N) is 1. The molecule has 0 aromatic heterocycles. The van der Waals surface area contributed by atoms with Gasteiger partial charge in [0, 0.05) is 13.7 Å². The zero-order valence-corrected chi connectivity index (χ0v) is 17.0. The summed E-state index contributed by atoms with van der Waals surface area (Å²) in [6, 6.07) is 11.3. The van der Waals surface area contributed by atoms with Gasteiger partial charge in [-0.3, -0.25) is 4.79 Å². The van der Waals surface area contributed by atoms with E-state index in [0.29, 0.717) is 37.7 Å². The van der Waals surface area contributed by atoms with E-state index in [1.807, 2.05) is 24.3 Å². The number of hydrogen-bond acceptors (Lipinski definition) is 5. The van der Waals surface area contributed by atoms with E-state index < -0.39 is 11.7 Å². The van der Waals surface area contributed by atoms with Gasteiger partial charge in [0.05, 0.1) is 24.3 Å². The molecular weight excluding hydrogens is 399 g/mol. The van der Waals surface area contributed by atoms with Gasteiger partial charge in [0.15, 0.2) is 0 Å². The van der Waals surface area contributed by atoms with E-state index in [0.717, 1.165) is 12.0 Å². The highest BCUT2D eigenvalue weighted by Gasteiger charge is 2.28. The molecule has 1 aliphatic heterocycles. The van der Waals surface area contributed by atoms with Crippen molar-refractivity contribution in [3.05, 3.63) is 59.4 Å². The van der Waals surface area contributed by atoms with Crippen LogP contribution in [0.3, 0.4) is 0 Å². The van der Waals surface area contributed by atoms with Crippen LogP contribution in [-0.2, 0) is 15.9 Å². The number of ether oxygens (including phenoxy) is 3. The summed E-state index contributed by atoms with van der Waals surface area (Å²) >= 11 is 0. The van der Waals surface area contributed by atoms with Crippen LogP contribution in [0.2, 0.25) is 0 Å². The molecule has 6 nitrogen and oxygen atoms in total. The average molecular weight is 425 g/mol. The molecule has 1 fully saturated rings. The molecule has 2 aromatic rings. The standard InChI is InChI=1S/C21H25FN2O4.ClH/c1-26-20-9-11-27-13-19(20)24-21(25)17-12-16(6-7-18(17)22)28-15-4-2-14(3-5-15)8-10-23;/h2-7,12,19-20H,8-11,13,23H2,1H3,(H,24,25);1H/t19-,20-;/m1./s1. The summed E-state index contributed by atoms with van der Waals surface area (Å²) in [5.74, 6) is -0.173. The highest BCUT2D eigenvalue weighted by Crippen LogP contribution is 2.24. The minimum Gasteiger partial charge on any atom is -0.457 e. The predicted octanol–water partition coefficient (Wildman–Crippen LogP) is 3.07. The number of carbonyl (C=O) groups excluding carboxylic acids is 1. The summed E-state index contributed by atoms with van der Waals surface area (Å²) in [4.78, 5) is 12.6.